The van der Waals surface area contributed by atoms with Crippen molar-refractivity contribution in [3.63, 3.8) is 0 Å². The Morgan fingerprint density at radius 2 is 1.63 bits per heavy atom. The van der Waals surface area contributed by atoms with E-state index in [0.717, 1.165) is 5.56 Å². The highest BCUT2D eigenvalue weighted by atomic mass is 35.5. The van der Waals surface area contributed by atoms with Gasteiger partial charge in [0.25, 0.3) is 5.91 Å². The maximum Gasteiger partial charge on any atom is 0.253 e. The molecular weight excluding hydrogens is 362 g/mol. The molecule has 27 heavy (non-hydrogen) atoms. The lowest BCUT2D eigenvalue weighted by Crippen LogP contribution is -2.51. The molecule has 2 amide bonds. The monoisotopic (exact) mass is 385 g/mol. The van der Waals surface area contributed by atoms with E-state index in [-0.39, 0.29) is 17.9 Å². The van der Waals surface area contributed by atoms with Crippen LogP contribution in [0.4, 0.5) is 0 Å². The van der Waals surface area contributed by atoms with Crippen molar-refractivity contribution in [2.24, 2.45) is 0 Å². The van der Waals surface area contributed by atoms with Gasteiger partial charge in [0.1, 0.15) is 0 Å². The first kappa shape index (κ1) is 19.4. The van der Waals surface area contributed by atoms with Gasteiger partial charge in [-0.25, -0.2) is 0 Å². The second-order valence-corrected chi connectivity index (χ2v) is 7.15. The molecule has 0 saturated carbocycles. The van der Waals surface area contributed by atoms with Gasteiger partial charge in [-0.05, 0) is 30.7 Å². The molecule has 2 aromatic carbocycles. The molecule has 0 spiro atoms. The number of amides is 2. The highest BCUT2D eigenvalue weighted by Crippen LogP contribution is 2.22. The van der Waals surface area contributed by atoms with Crippen molar-refractivity contribution in [1.29, 1.82) is 0 Å². The Bertz CT molecular complexity index is 789. The summed E-state index contributed by atoms with van der Waals surface area (Å²) in [5, 5.41) is 3.65. The molecular formula is C21H24ClN3O2. The first-order valence-electron chi connectivity index (χ1n) is 9.15. The Balaban J connectivity index is 1.47. The lowest BCUT2D eigenvalue weighted by Gasteiger charge is -2.34. The first-order chi connectivity index (χ1) is 13.0. The summed E-state index contributed by atoms with van der Waals surface area (Å²) in [6.07, 6.45) is 0. The molecule has 1 heterocycles. The number of nitrogens with zero attached hydrogens (tertiary/aromatic N) is 2. The molecule has 1 N–H and O–H groups in total. The van der Waals surface area contributed by atoms with Gasteiger partial charge < -0.3 is 10.2 Å². The number of nitrogens with one attached hydrogen (secondary N) is 1. The van der Waals surface area contributed by atoms with Crippen LogP contribution >= 0.6 is 11.6 Å². The van der Waals surface area contributed by atoms with Crippen molar-refractivity contribution in [2.45, 2.75) is 13.0 Å². The predicted molar refractivity (Wildman–Crippen MR) is 107 cm³/mol. The van der Waals surface area contributed by atoms with Gasteiger partial charge in [0.15, 0.2) is 0 Å². The molecule has 2 aromatic rings. The fraction of sp³-hybridized carbons (Fsp3) is 0.333. The van der Waals surface area contributed by atoms with Gasteiger partial charge in [0.05, 0.1) is 12.6 Å². The number of halogens is 1. The Hall–Kier alpha value is -2.37. The van der Waals surface area contributed by atoms with Crippen molar-refractivity contribution in [3.8, 4) is 0 Å². The van der Waals surface area contributed by atoms with E-state index in [1.165, 1.54) is 0 Å². The van der Waals surface area contributed by atoms with Crippen LogP contribution in [0.3, 0.4) is 0 Å². The van der Waals surface area contributed by atoms with E-state index in [4.69, 9.17) is 11.6 Å². The third-order valence-corrected chi connectivity index (χ3v) is 5.14. The molecule has 1 aliphatic rings. The minimum Gasteiger partial charge on any atom is -0.348 e. The largest absolute Gasteiger partial charge is 0.348 e. The van der Waals surface area contributed by atoms with Gasteiger partial charge in [0.2, 0.25) is 5.91 Å². The molecule has 0 aliphatic carbocycles. The number of hydrogen-bond donors (Lipinski definition) is 1. The van der Waals surface area contributed by atoms with Gasteiger partial charge in [0, 0.05) is 36.8 Å². The smallest absolute Gasteiger partial charge is 0.253 e. The molecule has 1 unspecified atom stereocenters. The second kappa shape index (κ2) is 9.02. The van der Waals surface area contributed by atoms with Gasteiger partial charge in [-0.2, -0.15) is 0 Å². The van der Waals surface area contributed by atoms with E-state index < -0.39 is 0 Å². The molecule has 1 aliphatic heterocycles. The van der Waals surface area contributed by atoms with Crippen LogP contribution in [0, 0.1) is 0 Å². The van der Waals surface area contributed by atoms with Crippen LogP contribution in [0.1, 0.15) is 28.9 Å². The minimum absolute atomic E-state index is 0.0368. The number of rotatable bonds is 5. The van der Waals surface area contributed by atoms with Crippen LogP contribution in [0.25, 0.3) is 0 Å². The number of benzene rings is 2. The molecule has 5 nitrogen and oxygen atoms in total. The number of carbonyl (C=O) groups is 2. The standard InChI is InChI=1S/C21H24ClN3O2/c1-16(18-9-5-6-10-19(18)22)23-20(26)15-24-11-13-25(14-12-24)21(27)17-7-3-2-4-8-17/h2-10,16H,11-15H2,1H3,(H,23,26). The molecule has 6 heteroatoms. The van der Waals surface area contributed by atoms with E-state index >= 15 is 0 Å². The van der Waals surface area contributed by atoms with Gasteiger partial charge in [-0.1, -0.05) is 48.0 Å². The maximum absolute atomic E-state index is 12.5. The molecule has 0 bridgehead atoms. The van der Waals surface area contributed by atoms with E-state index in [9.17, 15) is 9.59 Å². The normalized spacial score (nSPS) is 16.0. The summed E-state index contributed by atoms with van der Waals surface area (Å²) in [6.45, 7) is 4.87. The molecule has 1 fully saturated rings. The topological polar surface area (TPSA) is 52.7 Å². The van der Waals surface area contributed by atoms with Crippen LogP contribution in [-0.4, -0.2) is 54.3 Å². The minimum atomic E-state index is -0.146. The number of hydrogen-bond acceptors (Lipinski definition) is 3. The predicted octanol–water partition coefficient (Wildman–Crippen LogP) is 2.98. The molecule has 0 radical (unpaired) electrons. The van der Waals surface area contributed by atoms with Crippen molar-refractivity contribution in [1.82, 2.24) is 15.1 Å². The Morgan fingerprint density at radius 3 is 2.30 bits per heavy atom. The fourth-order valence-corrected chi connectivity index (χ4v) is 3.57. The maximum atomic E-state index is 12.5. The summed E-state index contributed by atoms with van der Waals surface area (Å²) < 4.78 is 0. The zero-order chi connectivity index (χ0) is 19.2. The van der Waals surface area contributed by atoms with E-state index in [1.54, 1.807) is 0 Å². The summed E-state index contributed by atoms with van der Waals surface area (Å²) in [5.41, 5.74) is 1.61. The quantitative estimate of drug-likeness (QED) is 0.860. The van der Waals surface area contributed by atoms with E-state index in [1.807, 2.05) is 66.4 Å². The van der Waals surface area contributed by atoms with Crippen LogP contribution in [0.2, 0.25) is 5.02 Å². The van der Waals surface area contributed by atoms with Crippen LogP contribution in [0.15, 0.2) is 54.6 Å². The van der Waals surface area contributed by atoms with E-state index in [2.05, 4.69) is 10.2 Å². The molecule has 3 rings (SSSR count). The number of carbonyl (C=O) groups excluding carboxylic acids is 2. The molecule has 1 saturated heterocycles. The molecule has 142 valence electrons. The van der Waals surface area contributed by atoms with Crippen molar-refractivity contribution in [2.75, 3.05) is 32.7 Å². The Morgan fingerprint density at radius 1 is 1.00 bits per heavy atom. The summed E-state index contributed by atoms with van der Waals surface area (Å²) >= 11 is 6.19. The third-order valence-electron chi connectivity index (χ3n) is 4.80. The van der Waals surface area contributed by atoms with Crippen LogP contribution in [0.5, 0.6) is 0 Å². The first-order valence-corrected chi connectivity index (χ1v) is 9.53. The zero-order valence-corrected chi connectivity index (χ0v) is 16.2. The summed E-state index contributed by atoms with van der Waals surface area (Å²) in [6, 6.07) is 16.7. The SMILES string of the molecule is CC(NC(=O)CN1CCN(C(=O)c2ccccc2)CC1)c1ccccc1Cl. The van der Waals surface area contributed by atoms with Gasteiger partial charge in [-0.15, -0.1) is 0 Å². The van der Waals surface area contributed by atoms with Crippen molar-refractivity contribution in [3.05, 3.63) is 70.7 Å². The van der Waals surface area contributed by atoms with E-state index in [0.29, 0.717) is 43.3 Å². The second-order valence-electron chi connectivity index (χ2n) is 6.75. The summed E-state index contributed by atoms with van der Waals surface area (Å²) in [4.78, 5) is 28.8. The van der Waals surface area contributed by atoms with Crippen molar-refractivity contribution >= 4 is 23.4 Å². The number of piperazine rings is 1. The molecule has 0 aromatic heterocycles. The van der Waals surface area contributed by atoms with Crippen molar-refractivity contribution < 1.29 is 9.59 Å². The van der Waals surface area contributed by atoms with Crippen LogP contribution < -0.4 is 5.32 Å². The Labute approximate surface area is 164 Å². The Kier molecular flexibility index (Phi) is 6.48. The van der Waals surface area contributed by atoms with Crippen LogP contribution in [-0.2, 0) is 4.79 Å². The third kappa shape index (κ3) is 5.08. The average molecular weight is 386 g/mol. The lowest BCUT2D eigenvalue weighted by molar-refractivity contribution is -0.123. The fourth-order valence-electron chi connectivity index (χ4n) is 3.27. The molecule has 1 atom stereocenters. The summed E-state index contributed by atoms with van der Waals surface area (Å²) in [5.74, 6) is 0.0114. The van der Waals surface area contributed by atoms with Gasteiger partial charge >= 0.3 is 0 Å². The average Bonchev–Trinajstić information content (AvgIpc) is 2.69. The summed E-state index contributed by atoms with van der Waals surface area (Å²) in [7, 11) is 0. The highest BCUT2D eigenvalue weighted by molar-refractivity contribution is 6.31. The lowest BCUT2D eigenvalue weighted by atomic mass is 10.1. The van der Waals surface area contributed by atoms with Gasteiger partial charge in [-0.3, -0.25) is 14.5 Å². The zero-order valence-electron chi connectivity index (χ0n) is 15.4. The highest BCUT2D eigenvalue weighted by Gasteiger charge is 2.23.